The molecule has 0 fully saturated rings. The molecular formula is C14H15N3OS. The van der Waals surface area contributed by atoms with Gasteiger partial charge in [0.15, 0.2) is 5.11 Å². The molecule has 0 saturated carbocycles. The van der Waals surface area contributed by atoms with Gasteiger partial charge in [-0.1, -0.05) is 17.7 Å². The second kappa shape index (κ2) is 6.15. The number of benzene rings is 1. The number of thiocarbonyl (C=S) groups is 1. The summed E-state index contributed by atoms with van der Waals surface area (Å²) in [4.78, 5) is 0. The summed E-state index contributed by atoms with van der Waals surface area (Å²) in [5.41, 5.74) is 6.07. The second-order valence-electron chi connectivity index (χ2n) is 4.16. The fourth-order valence-electron chi connectivity index (χ4n) is 1.62. The molecule has 1 heterocycles. The van der Waals surface area contributed by atoms with E-state index in [2.05, 4.69) is 28.8 Å². The molecule has 0 aliphatic carbocycles. The van der Waals surface area contributed by atoms with Crippen molar-refractivity contribution in [2.24, 2.45) is 5.10 Å². The smallest absolute Gasteiger partial charge is 0.191 e. The van der Waals surface area contributed by atoms with Crippen LogP contribution in [0.1, 0.15) is 16.9 Å². The van der Waals surface area contributed by atoms with Crippen LogP contribution in [-0.4, -0.2) is 11.3 Å². The number of anilines is 1. The summed E-state index contributed by atoms with van der Waals surface area (Å²) in [6.07, 6.45) is 3.16. The molecule has 2 N–H and O–H groups in total. The van der Waals surface area contributed by atoms with Gasteiger partial charge < -0.3 is 9.73 Å². The van der Waals surface area contributed by atoms with Gasteiger partial charge in [0.05, 0.1) is 12.5 Å². The predicted octanol–water partition coefficient (Wildman–Crippen LogP) is 3.22. The molecule has 1 aromatic carbocycles. The van der Waals surface area contributed by atoms with E-state index in [4.69, 9.17) is 16.6 Å². The maximum Gasteiger partial charge on any atom is 0.191 e. The Labute approximate surface area is 117 Å². The number of hydrogen-bond acceptors (Lipinski definition) is 3. The fourth-order valence-corrected chi connectivity index (χ4v) is 1.79. The van der Waals surface area contributed by atoms with E-state index >= 15 is 0 Å². The first kappa shape index (κ1) is 13.3. The van der Waals surface area contributed by atoms with Crippen molar-refractivity contribution in [3.05, 3.63) is 53.5 Å². The highest BCUT2D eigenvalue weighted by Gasteiger charge is 2.00. The van der Waals surface area contributed by atoms with E-state index in [1.807, 2.05) is 25.1 Å². The van der Waals surface area contributed by atoms with Gasteiger partial charge in [-0.15, -0.1) is 0 Å². The first-order valence-corrected chi connectivity index (χ1v) is 6.27. The molecule has 4 nitrogen and oxygen atoms in total. The summed E-state index contributed by atoms with van der Waals surface area (Å²) in [5.74, 6) is 0.668. The van der Waals surface area contributed by atoms with Crippen molar-refractivity contribution in [3.8, 4) is 0 Å². The third-order valence-corrected chi connectivity index (χ3v) is 2.72. The molecular weight excluding hydrogens is 258 g/mol. The van der Waals surface area contributed by atoms with E-state index in [1.165, 1.54) is 5.56 Å². The van der Waals surface area contributed by atoms with Crippen molar-refractivity contribution in [1.29, 1.82) is 0 Å². The van der Waals surface area contributed by atoms with Crippen LogP contribution in [0, 0.1) is 13.8 Å². The van der Waals surface area contributed by atoms with E-state index < -0.39 is 0 Å². The van der Waals surface area contributed by atoms with Gasteiger partial charge in [0.1, 0.15) is 5.76 Å². The molecule has 0 spiro atoms. The van der Waals surface area contributed by atoms with Gasteiger partial charge in [-0.3, -0.25) is 5.43 Å². The van der Waals surface area contributed by atoms with Crippen LogP contribution in [0.2, 0.25) is 0 Å². The van der Waals surface area contributed by atoms with Gasteiger partial charge in [-0.05, 0) is 49.8 Å². The van der Waals surface area contributed by atoms with Crippen LogP contribution in [0.25, 0.3) is 0 Å². The summed E-state index contributed by atoms with van der Waals surface area (Å²) in [5, 5.41) is 7.52. The van der Waals surface area contributed by atoms with Gasteiger partial charge in [0.25, 0.3) is 0 Å². The summed E-state index contributed by atoms with van der Waals surface area (Å²) < 4.78 is 5.11. The van der Waals surface area contributed by atoms with Crippen LogP contribution in [0.15, 0.2) is 46.1 Å². The lowest BCUT2D eigenvalue weighted by Gasteiger charge is -2.10. The Morgan fingerprint density at radius 1 is 1.32 bits per heavy atom. The molecule has 5 heteroatoms. The first-order chi connectivity index (χ1) is 9.15. The number of nitrogens with one attached hydrogen (secondary N) is 2. The molecule has 98 valence electrons. The molecule has 19 heavy (non-hydrogen) atoms. The highest BCUT2D eigenvalue weighted by Crippen LogP contribution is 2.15. The molecule has 2 rings (SSSR count). The minimum atomic E-state index is 0.440. The highest BCUT2D eigenvalue weighted by atomic mass is 32.1. The summed E-state index contributed by atoms with van der Waals surface area (Å²) in [7, 11) is 0. The Balaban J connectivity index is 1.91. The average Bonchev–Trinajstić information content (AvgIpc) is 2.86. The third kappa shape index (κ3) is 3.93. The molecule has 0 aliphatic heterocycles. The monoisotopic (exact) mass is 273 g/mol. The molecule has 0 aliphatic rings. The molecule has 0 atom stereocenters. The maximum atomic E-state index is 5.16. The van der Waals surface area contributed by atoms with E-state index in [9.17, 15) is 0 Å². The van der Waals surface area contributed by atoms with Crippen LogP contribution in [0.3, 0.4) is 0 Å². The lowest BCUT2D eigenvalue weighted by molar-refractivity contribution is 0.560. The molecule has 0 radical (unpaired) electrons. The highest BCUT2D eigenvalue weighted by molar-refractivity contribution is 7.80. The van der Waals surface area contributed by atoms with Crippen LogP contribution in [0.5, 0.6) is 0 Å². The number of hydrazone groups is 1. The zero-order valence-corrected chi connectivity index (χ0v) is 11.6. The normalized spacial score (nSPS) is 10.6. The lowest BCUT2D eigenvalue weighted by Crippen LogP contribution is -2.24. The van der Waals surface area contributed by atoms with Gasteiger partial charge in [0, 0.05) is 5.69 Å². The van der Waals surface area contributed by atoms with Crippen LogP contribution >= 0.6 is 12.2 Å². The predicted molar refractivity (Wildman–Crippen MR) is 81.6 cm³/mol. The zero-order valence-electron chi connectivity index (χ0n) is 10.8. The quantitative estimate of drug-likeness (QED) is 0.512. The molecule has 2 aromatic rings. The number of aryl methyl sites for hydroxylation is 2. The van der Waals surface area contributed by atoms with Gasteiger partial charge >= 0.3 is 0 Å². The van der Waals surface area contributed by atoms with Crippen molar-refractivity contribution >= 4 is 29.2 Å². The van der Waals surface area contributed by atoms with Crippen LogP contribution < -0.4 is 10.7 Å². The largest absolute Gasteiger partial charge is 0.463 e. The Bertz CT molecular complexity index is 591. The van der Waals surface area contributed by atoms with Crippen molar-refractivity contribution in [2.75, 3.05) is 5.32 Å². The summed E-state index contributed by atoms with van der Waals surface area (Å²) in [6, 6.07) is 9.73. The van der Waals surface area contributed by atoms with Crippen LogP contribution in [0.4, 0.5) is 5.69 Å². The van der Waals surface area contributed by atoms with Crippen molar-refractivity contribution in [3.63, 3.8) is 0 Å². The zero-order chi connectivity index (χ0) is 13.7. The molecule has 1 aromatic heterocycles. The van der Waals surface area contributed by atoms with E-state index in [1.54, 1.807) is 18.5 Å². The lowest BCUT2D eigenvalue weighted by atomic mass is 10.1. The molecule has 0 amide bonds. The topological polar surface area (TPSA) is 49.6 Å². The standard InChI is InChI=1S/C14H15N3OS/c1-10-5-6-13(11(2)8-10)16-14(19)17-15-9-12-4-3-7-18-12/h3-9H,1-2H3,(H2,16,17,19)/b15-9+. The van der Waals surface area contributed by atoms with E-state index in [-0.39, 0.29) is 0 Å². The van der Waals surface area contributed by atoms with Gasteiger partial charge in [0.2, 0.25) is 0 Å². The molecule has 0 bridgehead atoms. The molecule has 0 saturated heterocycles. The second-order valence-corrected chi connectivity index (χ2v) is 4.57. The first-order valence-electron chi connectivity index (χ1n) is 5.86. The number of furan rings is 1. The number of hydrogen-bond donors (Lipinski definition) is 2. The van der Waals surface area contributed by atoms with Gasteiger partial charge in [-0.2, -0.15) is 5.10 Å². The van der Waals surface area contributed by atoms with E-state index in [0.29, 0.717) is 10.9 Å². The summed E-state index contributed by atoms with van der Waals surface area (Å²) in [6.45, 7) is 4.09. The maximum absolute atomic E-state index is 5.16. The van der Waals surface area contributed by atoms with Crippen molar-refractivity contribution in [2.45, 2.75) is 13.8 Å². The Morgan fingerprint density at radius 3 is 2.84 bits per heavy atom. The SMILES string of the molecule is Cc1ccc(NC(=S)N/N=C/c2ccco2)c(C)c1. The van der Waals surface area contributed by atoms with Crippen LogP contribution in [-0.2, 0) is 0 Å². The van der Waals surface area contributed by atoms with Gasteiger partial charge in [-0.25, -0.2) is 0 Å². The number of rotatable bonds is 3. The average molecular weight is 273 g/mol. The third-order valence-electron chi connectivity index (χ3n) is 2.53. The fraction of sp³-hybridized carbons (Fsp3) is 0.143. The van der Waals surface area contributed by atoms with Crippen molar-refractivity contribution < 1.29 is 4.42 Å². The Hall–Kier alpha value is -2.14. The van der Waals surface area contributed by atoms with E-state index in [0.717, 1.165) is 11.3 Å². The minimum absolute atomic E-state index is 0.440. The molecule has 0 unspecified atom stereocenters. The van der Waals surface area contributed by atoms with Crippen molar-refractivity contribution in [1.82, 2.24) is 5.43 Å². The summed E-state index contributed by atoms with van der Waals surface area (Å²) >= 11 is 5.16. The Kier molecular flexibility index (Phi) is 4.30. The Morgan fingerprint density at radius 2 is 2.16 bits per heavy atom. The minimum Gasteiger partial charge on any atom is -0.463 e. The number of nitrogens with zero attached hydrogens (tertiary/aromatic N) is 1.